The maximum atomic E-state index is 13.4. The topological polar surface area (TPSA) is 55.1 Å². The van der Waals surface area contributed by atoms with Crippen LogP contribution in [0.2, 0.25) is 0 Å². The van der Waals surface area contributed by atoms with Crippen LogP contribution in [0.4, 0.5) is 4.39 Å². The molecule has 2 unspecified atom stereocenters. The van der Waals surface area contributed by atoms with Crippen LogP contribution in [-0.4, -0.2) is 18.5 Å². The summed E-state index contributed by atoms with van der Waals surface area (Å²) in [5, 5.41) is 2.87. The Balaban J connectivity index is 1.80. The van der Waals surface area contributed by atoms with Crippen molar-refractivity contribution in [3.05, 3.63) is 35.6 Å². The van der Waals surface area contributed by atoms with E-state index < -0.39 is 0 Å². The number of carbonyl (C=O) groups is 1. The van der Waals surface area contributed by atoms with Crippen LogP contribution in [0.1, 0.15) is 31.2 Å². The van der Waals surface area contributed by atoms with Gasteiger partial charge in [0.1, 0.15) is 5.82 Å². The van der Waals surface area contributed by atoms with E-state index >= 15 is 0 Å². The maximum absolute atomic E-state index is 13.4. The van der Waals surface area contributed by atoms with E-state index in [0.29, 0.717) is 18.0 Å². The van der Waals surface area contributed by atoms with E-state index in [-0.39, 0.29) is 24.2 Å². The molecule has 0 heterocycles. The summed E-state index contributed by atoms with van der Waals surface area (Å²) in [5.74, 6) is -0.104. The summed E-state index contributed by atoms with van der Waals surface area (Å²) < 4.78 is 13.4. The van der Waals surface area contributed by atoms with Crippen molar-refractivity contribution in [1.29, 1.82) is 0 Å². The van der Waals surface area contributed by atoms with Gasteiger partial charge in [-0.1, -0.05) is 31.0 Å². The van der Waals surface area contributed by atoms with Gasteiger partial charge in [-0.05, 0) is 30.4 Å². The molecule has 1 amide bonds. The average Bonchev–Trinajstić information content (AvgIpc) is 2.40. The zero-order valence-corrected chi connectivity index (χ0v) is 11.1. The molecular formula is C15H21FN2O. The van der Waals surface area contributed by atoms with Gasteiger partial charge in [0.15, 0.2) is 0 Å². The minimum atomic E-state index is -0.327. The molecule has 0 bridgehead atoms. The summed E-state index contributed by atoms with van der Waals surface area (Å²) >= 11 is 0. The molecule has 1 aliphatic carbocycles. The summed E-state index contributed by atoms with van der Waals surface area (Å²) in [5.41, 5.74) is 6.47. The van der Waals surface area contributed by atoms with Crippen LogP contribution in [0.25, 0.3) is 0 Å². The van der Waals surface area contributed by atoms with E-state index in [0.717, 1.165) is 12.8 Å². The van der Waals surface area contributed by atoms with Crippen molar-refractivity contribution in [2.24, 2.45) is 11.7 Å². The van der Waals surface area contributed by atoms with Gasteiger partial charge in [-0.3, -0.25) is 4.79 Å². The average molecular weight is 264 g/mol. The van der Waals surface area contributed by atoms with Gasteiger partial charge in [-0.25, -0.2) is 4.39 Å². The van der Waals surface area contributed by atoms with Gasteiger partial charge in [0, 0.05) is 12.6 Å². The second-order valence-electron chi connectivity index (χ2n) is 5.28. The normalized spacial score (nSPS) is 23.1. The molecule has 19 heavy (non-hydrogen) atoms. The monoisotopic (exact) mass is 264 g/mol. The Hall–Kier alpha value is -1.42. The summed E-state index contributed by atoms with van der Waals surface area (Å²) in [6, 6.07) is 6.56. The highest BCUT2D eigenvalue weighted by Gasteiger charge is 2.22. The van der Waals surface area contributed by atoms with Crippen LogP contribution in [0.5, 0.6) is 0 Å². The lowest BCUT2D eigenvalue weighted by atomic mass is 9.85. The van der Waals surface area contributed by atoms with Crippen molar-refractivity contribution in [3.8, 4) is 0 Å². The number of nitrogens with one attached hydrogen (secondary N) is 1. The number of rotatable bonds is 4. The Morgan fingerprint density at radius 1 is 1.32 bits per heavy atom. The standard InChI is InChI=1S/C15H21FN2O/c16-13-7-3-1-5-11(13)9-15(19)18-10-12-6-2-4-8-14(12)17/h1,3,5,7,12,14H,2,4,6,8-10,17H2,(H,18,19). The van der Waals surface area contributed by atoms with E-state index in [2.05, 4.69) is 5.32 Å². The van der Waals surface area contributed by atoms with E-state index in [9.17, 15) is 9.18 Å². The van der Waals surface area contributed by atoms with Gasteiger partial charge in [-0.15, -0.1) is 0 Å². The molecule has 3 N–H and O–H groups in total. The molecule has 0 radical (unpaired) electrons. The molecule has 4 heteroatoms. The highest BCUT2D eigenvalue weighted by Crippen LogP contribution is 2.22. The molecule has 1 fully saturated rings. The van der Waals surface area contributed by atoms with Crippen molar-refractivity contribution in [3.63, 3.8) is 0 Å². The minimum absolute atomic E-state index is 0.0919. The molecule has 0 saturated heterocycles. The second kappa shape index (κ2) is 6.66. The number of hydrogen-bond acceptors (Lipinski definition) is 2. The maximum Gasteiger partial charge on any atom is 0.224 e. The fraction of sp³-hybridized carbons (Fsp3) is 0.533. The van der Waals surface area contributed by atoms with E-state index in [1.807, 2.05) is 0 Å². The molecule has 2 atom stereocenters. The van der Waals surface area contributed by atoms with E-state index in [1.54, 1.807) is 18.2 Å². The van der Waals surface area contributed by atoms with Crippen LogP contribution in [0.15, 0.2) is 24.3 Å². The molecule has 0 aliphatic heterocycles. The van der Waals surface area contributed by atoms with Crippen molar-refractivity contribution < 1.29 is 9.18 Å². The number of carbonyl (C=O) groups excluding carboxylic acids is 1. The summed E-state index contributed by atoms with van der Waals surface area (Å²) in [6.07, 6.45) is 4.56. The van der Waals surface area contributed by atoms with Gasteiger partial charge in [0.2, 0.25) is 5.91 Å². The fourth-order valence-corrected chi connectivity index (χ4v) is 2.61. The Labute approximate surface area is 113 Å². The van der Waals surface area contributed by atoms with Gasteiger partial charge in [0.25, 0.3) is 0 Å². The number of halogens is 1. The lowest BCUT2D eigenvalue weighted by Gasteiger charge is -2.28. The van der Waals surface area contributed by atoms with Crippen LogP contribution in [0, 0.1) is 11.7 Å². The third kappa shape index (κ3) is 4.03. The first kappa shape index (κ1) is 14.0. The Kier molecular flexibility index (Phi) is 4.91. The third-order valence-electron chi connectivity index (χ3n) is 3.84. The fourth-order valence-electron chi connectivity index (χ4n) is 2.61. The molecular weight excluding hydrogens is 243 g/mol. The largest absolute Gasteiger partial charge is 0.355 e. The zero-order valence-electron chi connectivity index (χ0n) is 11.1. The van der Waals surface area contributed by atoms with E-state index in [1.165, 1.54) is 18.9 Å². The first-order valence-corrected chi connectivity index (χ1v) is 6.92. The van der Waals surface area contributed by atoms with Crippen molar-refractivity contribution in [1.82, 2.24) is 5.32 Å². The van der Waals surface area contributed by atoms with Crippen LogP contribution < -0.4 is 11.1 Å². The Morgan fingerprint density at radius 2 is 2.05 bits per heavy atom. The first-order valence-electron chi connectivity index (χ1n) is 6.92. The Morgan fingerprint density at radius 3 is 2.79 bits per heavy atom. The predicted molar refractivity (Wildman–Crippen MR) is 73.0 cm³/mol. The quantitative estimate of drug-likeness (QED) is 0.874. The summed E-state index contributed by atoms with van der Waals surface area (Å²) in [6.45, 7) is 0.606. The van der Waals surface area contributed by atoms with Gasteiger partial charge >= 0.3 is 0 Å². The third-order valence-corrected chi connectivity index (χ3v) is 3.84. The molecule has 1 aromatic rings. The molecule has 2 rings (SSSR count). The van der Waals surface area contributed by atoms with Crippen molar-refractivity contribution >= 4 is 5.91 Å². The van der Waals surface area contributed by atoms with Crippen LogP contribution >= 0.6 is 0 Å². The van der Waals surface area contributed by atoms with Gasteiger partial charge < -0.3 is 11.1 Å². The first-order chi connectivity index (χ1) is 9.16. The molecule has 1 aliphatic rings. The molecule has 0 aromatic heterocycles. The SMILES string of the molecule is NC1CCCCC1CNC(=O)Cc1ccccc1F. The number of hydrogen-bond donors (Lipinski definition) is 2. The van der Waals surface area contributed by atoms with Crippen LogP contribution in [-0.2, 0) is 11.2 Å². The van der Waals surface area contributed by atoms with E-state index in [4.69, 9.17) is 5.73 Å². The zero-order chi connectivity index (χ0) is 13.7. The molecule has 3 nitrogen and oxygen atoms in total. The molecule has 104 valence electrons. The number of nitrogens with two attached hydrogens (primary N) is 1. The molecule has 0 spiro atoms. The smallest absolute Gasteiger partial charge is 0.224 e. The summed E-state index contributed by atoms with van der Waals surface area (Å²) in [7, 11) is 0. The second-order valence-corrected chi connectivity index (χ2v) is 5.28. The highest BCUT2D eigenvalue weighted by molar-refractivity contribution is 5.78. The van der Waals surface area contributed by atoms with Gasteiger partial charge in [0.05, 0.1) is 6.42 Å². The molecule has 1 saturated carbocycles. The summed E-state index contributed by atoms with van der Waals surface area (Å²) in [4.78, 5) is 11.8. The van der Waals surface area contributed by atoms with Crippen molar-refractivity contribution in [2.45, 2.75) is 38.1 Å². The number of amides is 1. The highest BCUT2D eigenvalue weighted by atomic mass is 19.1. The number of benzene rings is 1. The molecule has 1 aromatic carbocycles. The minimum Gasteiger partial charge on any atom is -0.355 e. The van der Waals surface area contributed by atoms with Crippen molar-refractivity contribution in [2.75, 3.05) is 6.54 Å². The lowest BCUT2D eigenvalue weighted by molar-refractivity contribution is -0.120. The predicted octanol–water partition coefficient (Wildman–Crippen LogP) is 2.00. The van der Waals surface area contributed by atoms with Gasteiger partial charge in [-0.2, -0.15) is 0 Å². The lowest BCUT2D eigenvalue weighted by Crippen LogP contribution is -2.41. The Bertz CT molecular complexity index is 436. The van der Waals surface area contributed by atoms with Crippen LogP contribution in [0.3, 0.4) is 0 Å².